The van der Waals surface area contributed by atoms with Gasteiger partial charge in [-0.2, -0.15) is 0 Å². The highest BCUT2D eigenvalue weighted by Gasteiger charge is 2.13. The van der Waals surface area contributed by atoms with Gasteiger partial charge in [0.25, 0.3) is 0 Å². The van der Waals surface area contributed by atoms with Crippen LogP contribution in [0.2, 0.25) is 0 Å². The average Bonchev–Trinajstić information content (AvgIpc) is 2.75. The minimum Gasteiger partial charge on any atom is -0.374 e. The van der Waals surface area contributed by atoms with E-state index >= 15 is 0 Å². The van der Waals surface area contributed by atoms with Crippen molar-refractivity contribution in [3.63, 3.8) is 0 Å². The first-order chi connectivity index (χ1) is 8.97. The second-order valence-electron chi connectivity index (χ2n) is 3.64. The smallest absolute Gasteiger partial charge is 0.240 e. The molecule has 0 radical (unpaired) electrons. The maximum absolute atomic E-state index is 12.7. The largest absolute Gasteiger partial charge is 0.374 e. The Kier molecular flexibility index (Phi) is 4.08. The van der Waals surface area contributed by atoms with Crippen molar-refractivity contribution in [1.82, 2.24) is 14.9 Å². The molecule has 2 rings (SSSR count). The highest BCUT2D eigenvalue weighted by atomic mass is 32.2. The van der Waals surface area contributed by atoms with Crippen molar-refractivity contribution in [2.24, 2.45) is 0 Å². The van der Waals surface area contributed by atoms with Crippen LogP contribution < -0.4 is 10.5 Å². The maximum atomic E-state index is 12.7. The molecule has 102 valence electrons. The highest BCUT2D eigenvalue weighted by molar-refractivity contribution is 7.89. The number of nitrogens with one attached hydrogen (secondary N) is 1. The van der Waals surface area contributed by atoms with Crippen LogP contribution in [0.5, 0.6) is 0 Å². The average molecular weight is 302 g/mol. The van der Waals surface area contributed by atoms with Gasteiger partial charge in [-0.05, 0) is 24.3 Å². The predicted molar refractivity (Wildman–Crippen MR) is 69.6 cm³/mol. The van der Waals surface area contributed by atoms with Gasteiger partial charge in [-0.3, -0.25) is 0 Å². The van der Waals surface area contributed by atoms with E-state index in [-0.39, 0.29) is 11.4 Å². The topological polar surface area (TPSA) is 98.0 Å². The zero-order chi connectivity index (χ0) is 13.9. The number of benzene rings is 1. The standard InChI is InChI=1S/C10H11FN4O2S2/c11-7-1-3-8(4-2-7)19(16,17)13-6-5-9-14-15-10(12)18-9/h1-4,13H,5-6H2,(H2,12,15). The van der Waals surface area contributed by atoms with E-state index in [9.17, 15) is 12.8 Å². The number of rotatable bonds is 5. The van der Waals surface area contributed by atoms with Crippen LogP contribution in [-0.2, 0) is 16.4 Å². The summed E-state index contributed by atoms with van der Waals surface area (Å²) < 4.78 is 38.8. The molecule has 0 unspecified atom stereocenters. The highest BCUT2D eigenvalue weighted by Crippen LogP contribution is 2.12. The molecule has 0 saturated carbocycles. The fourth-order valence-electron chi connectivity index (χ4n) is 1.36. The molecular weight excluding hydrogens is 291 g/mol. The van der Waals surface area contributed by atoms with Crippen molar-refractivity contribution >= 4 is 26.5 Å². The Morgan fingerprint density at radius 2 is 1.95 bits per heavy atom. The molecule has 0 aliphatic carbocycles. The van der Waals surface area contributed by atoms with E-state index in [0.717, 1.165) is 12.1 Å². The van der Waals surface area contributed by atoms with Crippen molar-refractivity contribution in [1.29, 1.82) is 0 Å². The zero-order valence-corrected chi connectivity index (χ0v) is 11.3. The van der Waals surface area contributed by atoms with Crippen molar-refractivity contribution < 1.29 is 12.8 Å². The first-order valence-corrected chi connectivity index (χ1v) is 7.60. The lowest BCUT2D eigenvalue weighted by Crippen LogP contribution is -2.26. The third-order valence-corrected chi connectivity index (χ3v) is 4.53. The van der Waals surface area contributed by atoms with E-state index in [1.165, 1.54) is 23.5 Å². The molecule has 0 aliphatic heterocycles. The van der Waals surface area contributed by atoms with Crippen molar-refractivity contribution in [2.75, 3.05) is 12.3 Å². The van der Waals surface area contributed by atoms with Gasteiger partial charge in [-0.1, -0.05) is 11.3 Å². The monoisotopic (exact) mass is 302 g/mol. The number of halogens is 1. The number of sulfonamides is 1. The van der Waals surface area contributed by atoms with Crippen LogP contribution in [0.15, 0.2) is 29.2 Å². The third-order valence-electron chi connectivity index (χ3n) is 2.24. The van der Waals surface area contributed by atoms with Crippen LogP contribution in [0.4, 0.5) is 9.52 Å². The van der Waals surface area contributed by atoms with Gasteiger partial charge in [0, 0.05) is 13.0 Å². The Labute approximate surface area is 113 Å². The number of nitrogen functional groups attached to an aromatic ring is 1. The van der Waals surface area contributed by atoms with Crippen molar-refractivity contribution in [2.45, 2.75) is 11.3 Å². The van der Waals surface area contributed by atoms with E-state index in [1.54, 1.807) is 0 Å². The molecule has 0 bridgehead atoms. The van der Waals surface area contributed by atoms with Crippen LogP contribution in [0.3, 0.4) is 0 Å². The van der Waals surface area contributed by atoms with Gasteiger partial charge in [-0.25, -0.2) is 17.5 Å². The van der Waals surface area contributed by atoms with Crippen LogP contribution in [0.1, 0.15) is 5.01 Å². The predicted octanol–water partition coefficient (Wildman–Crippen LogP) is 0.780. The van der Waals surface area contributed by atoms with Gasteiger partial charge in [-0.15, -0.1) is 10.2 Å². The van der Waals surface area contributed by atoms with Gasteiger partial charge in [0.05, 0.1) is 4.90 Å². The molecule has 0 amide bonds. The Balaban J connectivity index is 1.96. The van der Waals surface area contributed by atoms with Gasteiger partial charge in [0.2, 0.25) is 15.2 Å². The molecule has 2 aromatic rings. The summed E-state index contributed by atoms with van der Waals surface area (Å²) in [5, 5.41) is 8.40. The molecule has 6 nitrogen and oxygen atoms in total. The van der Waals surface area contributed by atoms with E-state index < -0.39 is 15.8 Å². The van der Waals surface area contributed by atoms with E-state index in [0.29, 0.717) is 16.6 Å². The lowest BCUT2D eigenvalue weighted by molar-refractivity contribution is 0.580. The number of nitrogens with zero attached hydrogens (tertiary/aromatic N) is 2. The fourth-order valence-corrected chi connectivity index (χ4v) is 3.00. The summed E-state index contributed by atoms with van der Waals surface area (Å²) >= 11 is 1.21. The number of anilines is 1. The van der Waals surface area contributed by atoms with E-state index in [4.69, 9.17) is 5.73 Å². The van der Waals surface area contributed by atoms with Gasteiger partial charge in [0.15, 0.2) is 0 Å². The molecule has 0 aliphatic rings. The van der Waals surface area contributed by atoms with Crippen LogP contribution in [0.25, 0.3) is 0 Å². The first-order valence-electron chi connectivity index (χ1n) is 5.30. The molecule has 0 fully saturated rings. The minimum atomic E-state index is -3.63. The molecule has 0 spiro atoms. The minimum absolute atomic E-state index is 0.0191. The van der Waals surface area contributed by atoms with Crippen LogP contribution >= 0.6 is 11.3 Å². The Morgan fingerprint density at radius 1 is 1.26 bits per heavy atom. The van der Waals surface area contributed by atoms with Gasteiger partial charge < -0.3 is 5.73 Å². The summed E-state index contributed by atoms with van der Waals surface area (Å²) in [5.41, 5.74) is 5.41. The molecule has 1 aromatic heterocycles. The van der Waals surface area contributed by atoms with Crippen LogP contribution in [-0.4, -0.2) is 25.2 Å². The van der Waals surface area contributed by atoms with Crippen LogP contribution in [0, 0.1) is 5.82 Å². The summed E-state index contributed by atoms with van der Waals surface area (Å²) in [6, 6.07) is 4.61. The quantitative estimate of drug-likeness (QED) is 0.850. The lowest BCUT2D eigenvalue weighted by atomic mass is 10.4. The Morgan fingerprint density at radius 3 is 2.53 bits per heavy atom. The SMILES string of the molecule is Nc1nnc(CCNS(=O)(=O)c2ccc(F)cc2)s1. The molecule has 19 heavy (non-hydrogen) atoms. The molecule has 0 atom stereocenters. The normalized spacial score (nSPS) is 11.6. The summed E-state index contributed by atoms with van der Waals surface area (Å²) in [5.74, 6) is -0.483. The lowest BCUT2D eigenvalue weighted by Gasteiger charge is -2.05. The van der Waals surface area contributed by atoms with E-state index in [1.807, 2.05) is 0 Å². The number of hydrogen-bond acceptors (Lipinski definition) is 6. The number of hydrogen-bond donors (Lipinski definition) is 2. The summed E-state index contributed by atoms with van der Waals surface area (Å²) in [7, 11) is -3.63. The van der Waals surface area contributed by atoms with Crippen molar-refractivity contribution in [3.05, 3.63) is 35.1 Å². The molecule has 9 heteroatoms. The first kappa shape index (κ1) is 13.8. The third kappa shape index (κ3) is 3.69. The van der Waals surface area contributed by atoms with Gasteiger partial charge >= 0.3 is 0 Å². The summed E-state index contributed by atoms with van der Waals surface area (Å²) in [6.07, 6.45) is 0.398. The van der Waals surface area contributed by atoms with Gasteiger partial charge in [0.1, 0.15) is 10.8 Å². The number of nitrogens with two attached hydrogens (primary N) is 1. The maximum Gasteiger partial charge on any atom is 0.240 e. The summed E-state index contributed by atoms with van der Waals surface area (Å²) in [4.78, 5) is 0.0191. The zero-order valence-electron chi connectivity index (χ0n) is 9.71. The Bertz CT molecular complexity index is 654. The Hall–Kier alpha value is -1.58. The number of aromatic nitrogens is 2. The molecule has 3 N–H and O–H groups in total. The molecule has 0 saturated heterocycles. The summed E-state index contributed by atoms with van der Waals surface area (Å²) in [6.45, 7) is 0.175. The second-order valence-corrected chi connectivity index (χ2v) is 6.50. The molecule has 1 heterocycles. The second kappa shape index (κ2) is 5.59. The van der Waals surface area contributed by atoms with Crippen molar-refractivity contribution in [3.8, 4) is 0 Å². The van der Waals surface area contributed by atoms with E-state index in [2.05, 4.69) is 14.9 Å². The fraction of sp³-hybridized carbons (Fsp3) is 0.200. The molecule has 1 aromatic carbocycles. The molecular formula is C10H11FN4O2S2.